The molecular formula is C19H19FN4O4. The maximum absolute atomic E-state index is 14.1. The molecule has 1 saturated carbocycles. The van der Waals surface area contributed by atoms with Crippen LogP contribution in [0.4, 0.5) is 4.39 Å². The molecule has 2 aromatic heterocycles. The van der Waals surface area contributed by atoms with E-state index in [0.29, 0.717) is 36.0 Å². The molecule has 1 aliphatic heterocycles. The van der Waals surface area contributed by atoms with Crippen LogP contribution in [0.5, 0.6) is 0 Å². The van der Waals surface area contributed by atoms with Crippen molar-refractivity contribution in [1.29, 1.82) is 0 Å². The monoisotopic (exact) mass is 386 g/mol. The molecule has 2 N–H and O–H groups in total. The Morgan fingerprint density at radius 3 is 2.75 bits per heavy atom. The summed E-state index contributed by atoms with van der Waals surface area (Å²) < 4.78 is 22.3. The van der Waals surface area contributed by atoms with E-state index in [1.807, 2.05) is 0 Å². The van der Waals surface area contributed by atoms with Crippen molar-refractivity contribution >= 4 is 10.9 Å². The molecule has 0 spiro atoms. The number of hydrogen-bond acceptors (Lipinski definition) is 6. The second-order valence-electron chi connectivity index (χ2n) is 7.35. The van der Waals surface area contributed by atoms with Crippen molar-refractivity contribution in [3.8, 4) is 0 Å². The van der Waals surface area contributed by atoms with E-state index in [4.69, 9.17) is 4.74 Å². The molecule has 1 aliphatic carbocycles. The fourth-order valence-corrected chi connectivity index (χ4v) is 4.19. The number of hydrogen-bond donors (Lipinski definition) is 2. The van der Waals surface area contributed by atoms with Crippen LogP contribution < -0.4 is 5.56 Å². The van der Waals surface area contributed by atoms with E-state index in [0.717, 1.165) is 0 Å². The van der Waals surface area contributed by atoms with Crippen molar-refractivity contribution in [2.75, 3.05) is 19.8 Å². The molecule has 28 heavy (non-hydrogen) atoms. The van der Waals surface area contributed by atoms with E-state index in [-0.39, 0.29) is 29.4 Å². The van der Waals surface area contributed by atoms with Gasteiger partial charge in [-0.2, -0.15) is 10.2 Å². The highest BCUT2D eigenvalue weighted by Gasteiger charge is 2.56. The molecule has 3 aromatic rings. The van der Waals surface area contributed by atoms with Gasteiger partial charge in [0.05, 0.1) is 49.7 Å². The number of nitrogens with zero attached hydrogens (tertiary/aromatic N) is 4. The van der Waals surface area contributed by atoms with Crippen molar-refractivity contribution in [3.05, 3.63) is 57.9 Å². The largest absolute Gasteiger partial charge is 0.393 e. The molecule has 1 saturated heterocycles. The van der Waals surface area contributed by atoms with E-state index in [9.17, 15) is 19.4 Å². The van der Waals surface area contributed by atoms with Crippen molar-refractivity contribution in [2.24, 2.45) is 11.8 Å². The molecule has 9 heteroatoms. The molecule has 2 aliphatic rings. The Balaban J connectivity index is 1.62. The molecule has 8 nitrogen and oxygen atoms in total. The van der Waals surface area contributed by atoms with Crippen molar-refractivity contribution in [2.45, 2.75) is 18.7 Å². The predicted molar refractivity (Wildman–Crippen MR) is 96.2 cm³/mol. The zero-order valence-corrected chi connectivity index (χ0v) is 14.9. The Morgan fingerprint density at radius 1 is 1.29 bits per heavy atom. The number of aliphatic hydroxyl groups excluding tert-OH is 2. The molecule has 146 valence electrons. The Labute approximate surface area is 158 Å². The number of halogens is 1. The van der Waals surface area contributed by atoms with E-state index in [2.05, 4.69) is 10.2 Å². The third-order valence-electron chi connectivity index (χ3n) is 5.71. The molecule has 0 radical (unpaired) electrons. The first-order chi connectivity index (χ1) is 13.6. The van der Waals surface area contributed by atoms with E-state index in [1.54, 1.807) is 18.2 Å². The van der Waals surface area contributed by atoms with Gasteiger partial charge in [0.2, 0.25) is 0 Å². The van der Waals surface area contributed by atoms with Crippen molar-refractivity contribution < 1.29 is 19.3 Å². The molecule has 0 amide bonds. The Hall–Kier alpha value is -2.62. The lowest BCUT2D eigenvalue weighted by atomic mass is 10.1. The second kappa shape index (κ2) is 6.47. The molecule has 4 atom stereocenters. The first-order valence-corrected chi connectivity index (χ1v) is 9.18. The average Bonchev–Trinajstić information content (AvgIpc) is 3.04. The average molecular weight is 386 g/mol. The smallest absolute Gasteiger partial charge is 0.295 e. The first kappa shape index (κ1) is 17.5. The number of rotatable bonds is 5. The third kappa shape index (κ3) is 2.58. The van der Waals surface area contributed by atoms with Gasteiger partial charge >= 0.3 is 0 Å². The van der Waals surface area contributed by atoms with Crippen LogP contribution in [0, 0.1) is 17.7 Å². The number of aromatic nitrogens is 4. The summed E-state index contributed by atoms with van der Waals surface area (Å²) >= 11 is 0. The van der Waals surface area contributed by atoms with Gasteiger partial charge < -0.3 is 14.9 Å². The van der Waals surface area contributed by atoms with Crippen LogP contribution in [0.1, 0.15) is 23.4 Å². The molecule has 1 aromatic carbocycles. The normalized spacial score (nSPS) is 24.5. The number of aliphatic hydroxyl groups is 2. The Morgan fingerprint density at radius 2 is 2.04 bits per heavy atom. The van der Waals surface area contributed by atoms with Gasteiger partial charge in [-0.1, -0.05) is 18.2 Å². The summed E-state index contributed by atoms with van der Waals surface area (Å²) in [7, 11) is 0. The standard InChI is InChI=1S/C19H19FN4O4/c20-14-4-2-1-3-10(14)6-23-18(15(26)7-25)11-5-21-24(19(27)16(11)22-23)17-12-8-28-9-13(12)17/h1-5,12-13,15,17,25-26H,6-9H2/t12-,13+,15?,17?. The minimum atomic E-state index is -1.26. The number of fused-ring (bicyclic) bond motifs is 2. The van der Waals surface area contributed by atoms with Crippen molar-refractivity contribution in [1.82, 2.24) is 19.6 Å². The second-order valence-corrected chi connectivity index (χ2v) is 7.35. The lowest BCUT2D eigenvalue weighted by molar-refractivity contribution is 0.0896. The van der Waals surface area contributed by atoms with Gasteiger partial charge in [-0.05, 0) is 6.07 Å². The van der Waals surface area contributed by atoms with Gasteiger partial charge in [0.25, 0.3) is 5.56 Å². The predicted octanol–water partition coefficient (Wildman–Crippen LogP) is 0.623. The first-order valence-electron chi connectivity index (χ1n) is 9.18. The zero-order valence-electron chi connectivity index (χ0n) is 14.9. The SMILES string of the molecule is O=c1c2nn(Cc3ccccc3F)c(C(O)CO)c2cnn1C1[C@H]2COC[C@@H]12. The van der Waals surface area contributed by atoms with Gasteiger partial charge in [0.15, 0.2) is 5.52 Å². The highest BCUT2D eigenvalue weighted by Crippen LogP contribution is 2.53. The summed E-state index contributed by atoms with van der Waals surface area (Å²) in [5.41, 5.74) is 0.413. The highest BCUT2D eigenvalue weighted by molar-refractivity contribution is 5.80. The summed E-state index contributed by atoms with van der Waals surface area (Å²) in [6.45, 7) is 0.719. The van der Waals surface area contributed by atoms with Crippen LogP contribution in [0.2, 0.25) is 0 Å². The zero-order chi connectivity index (χ0) is 19.4. The Kier molecular flexibility index (Phi) is 4.04. The summed E-state index contributed by atoms with van der Waals surface area (Å²) in [4.78, 5) is 13.0. The molecule has 2 unspecified atom stereocenters. The number of benzene rings is 1. The van der Waals surface area contributed by atoms with Crippen LogP contribution in [-0.4, -0.2) is 49.6 Å². The van der Waals surface area contributed by atoms with Crippen LogP contribution in [0.25, 0.3) is 10.9 Å². The fraction of sp³-hybridized carbons (Fsp3) is 0.421. The maximum Gasteiger partial charge on any atom is 0.295 e. The lowest BCUT2D eigenvalue weighted by Gasteiger charge is -2.12. The molecule has 0 bridgehead atoms. The van der Waals surface area contributed by atoms with Crippen LogP contribution >= 0.6 is 0 Å². The van der Waals surface area contributed by atoms with Crippen LogP contribution in [0.3, 0.4) is 0 Å². The van der Waals surface area contributed by atoms with Gasteiger partial charge in [-0.3, -0.25) is 9.48 Å². The van der Waals surface area contributed by atoms with E-state index < -0.39 is 18.5 Å². The summed E-state index contributed by atoms with van der Waals surface area (Å²) in [6, 6.07) is 6.24. The Bertz CT molecular complexity index is 1100. The van der Waals surface area contributed by atoms with Gasteiger partial charge in [-0.25, -0.2) is 9.07 Å². The lowest BCUT2D eigenvalue weighted by Crippen LogP contribution is -2.24. The third-order valence-corrected chi connectivity index (χ3v) is 5.71. The molecule has 3 heterocycles. The van der Waals surface area contributed by atoms with E-state index in [1.165, 1.54) is 21.6 Å². The van der Waals surface area contributed by atoms with Crippen LogP contribution in [0.15, 0.2) is 35.3 Å². The van der Waals surface area contributed by atoms with Gasteiger partial charge in [0.1, 0.15) is 11.9 Å². The number of ether oxygens (including phenoxy) is 1. The van der Waals surface area contributed by atoms with Crippen LogP contribution in [-0.2, 0) is 11.3 Å². The summed E-state index contributed by atoms with van der Waals surface area (Å²) in [5.74, 6) is 0.184. The van der Waals surface area contributed by atoms with E-state index >= 15 is 0 Å². The molecular weight excluding hydrogens is 367 g/mol. The minimum absolute atomic E-state index is 0.00795. The van der Waals surface area contributed by atoms with Gasteiger partial charge in [0, 0.05) is 17.4 Å². The maximum atomic E-state index is 14.1. The topological polar surface area (TPSA) is 102 Å². The minimum Gasteiger partial charge on any atom is -0.393 e. The molecule has 5 rings (SSSR count). The van der Waals surface area contributed by atoms with Crippen molar-refractivity contribution in [3.63, 3.8) is 0 Å². The summed E-state index contributed by atoms with van der Waals surface area (Å²) in [6.07, 6.45) is 0.229. The van der Waals surface area contributed by atoms with Gasteiger partial charge in [-0.15, -0.1) is 0 Å². The quantitative estimate of drug-likeness (QED) is 0.667. The fourth-order valence-electron chi connectivity index (χ4n) is 4.19. The molecule has 2 fully saturated rings. The summed E-state index contributed by atoms with van der Waals surface area (Å²) in [5, 5.41) is 28.8. The highest BCUT2D eigenvalue weighted by atomic mass is 19.1.